The lowest BCUT2D eigenvalue weighted by atomic mass is 10.1. The van der Waals surface area contributed by atoms with Gasteiger partial charge in [-0.1, -0.05) is 18.5 Å². The Morgan fingerprint density at radius 2 is 2.22 bits per heavy atom. The first kappa shape index (κ1) is 15.0. The van der Waals surface area contributed by atoms with Gasteiger partial charge >= 0.3 is 5.97 Å². The van der Waals surface area contributed by atoms with E-state index in [0.29, 0.717) is 11.7 Å². The number of hydrogen-bond acceptors (Lipinski definition) is 3. The van der Waals surface area contributed by atoms with Crippen LogP contribution in [0, 0.1) is 6.92 Å². The number of aryl methyl sites for hydroxylation is 2. The van der Waals surface area contributed by atoms with E-state index in [-0.39, 0.29) is 12.5 Å². The SMILES string of the molecule is CCN(Cc1c(C)nn(C)c1Cl)C(C)CC(=O)O. The number of hydrogen-bond donors (Lipinski definition) is 1. The van der Waals surface area contributed by atoms with Gasteiger partial charge in [0, 0.05) is 25.2 Å². The molecule has 1 aromatic rings. The summed E-state index contributed by atoms with van der Waals surface area (Å²) in [5.41, 5.74) is 1.86. The first-order valence-corrected chi connectivity index (χ1v) is 6.38. The zero-order valence-electron chi connectivity index (χ0n) is 11.3. The van der Waals surface area contributed by atoms with Gasteiger partial charge in [0.25, 0.3) is 0 Å². The van der Waals surface area contributed by atoms with Gasteiger partial charge in [-0.2, -0.15) is 5.10 Å². The third kappa shape index (κ3) is 3.46. The monoisotopic (exact) mass is 273 g/mol. The van der Waals surface area contributed by atoms with Crippen LogP contribution in [0.15, 0.2) is 0 Å². The van der Waals surface area contributed by atoms with E-state index in [4.69, 9.17) is 16.7 Å². The van der Waals surface area contributed by atoms with Crippen molar-refractivity contribution in [2.75, 3.05) is 6.54 Å². The third-order valence-corrected chi connectivity index (χ3v) is 3.60. The molecule has 6 heteroatoms. The van der Waals surface area contributed by atoms with Crippen LogP contribution in [0.5, 0.6) is 0 Å². The van der Waals surface area contributed by atoms with Gasteiger partial charge in [0.05, 0.1) is 12.1 Å². The first-order chi connectivity index (χ1) is 8.36. The number of halogens is 1. The van der Waals surface area contributed by atoms with Crippen molar-refractivity contribution in [3.05, 3.63) is 16.4 Å². The highest BCUT2D eigenvalue weighted by Crippen LogP contribution is 2.21. The van der Waals surface area contributed by atoms with Crippen molar-refractivity contribution < 1.29 is 9.90 Å². The molecule has 1 rings (SSSR count). The van der Waals surface area contributed by atoms with Crippen molar-refractivity contribution in [1.82, 2.24) is 14.7 Å². The second kappa shape index (κ2) is 6.20. The summed E-state index contributed by atoms with van der Waals surface area (Å²) in [7, 11) is 1.80. The van der Waals surface area contributed by atoms with Gasteiger partial charge < -0.3 is 5.11 Å². The Morgan fingerprint density at radius 3 is 2.61 bits per heavy atom. The fourth-order valence-electron chi connectivity index (χ4n) is 2.02. The molecule has 0 aliphatic carbocycles. The standard InChI is InChI=1S/C12H20ClN3O2/c1-5-16(8(2)6-11(17)18)7-10-9(3)14-15(4)12(10)13/h8H,5-7H2,1-4H3,(H,17,18). The van der Waals surface area contributed by atoms with Crippen molar-refractivity contribution in [3.8, 4) is 0 Å². The largest absolute Gasteiger partial charge is 0.481 e. The van der Waals surface area contributed by atoms with Crippen molar-refractivity contribution in [1.29, 1.82) is 0 Å². The molecule has 1 heterocycles. The molecule has 1 unspecified atom stereocenters. The molecular formula is C12H20ClN3O2. The molecule has 0 aromatic carbocycles. The Balaban J connectivity index is 2.82. The molecule has 0 amide bonds. The average Bonchev–Trinajstić information content (AvgIpc) is 2.50. The van der Waals surface area contributed by atoms with Crippen molar-refractivity contribution >= 4 is 17.6 Å². The molecule has 1 atom stereocenters. The summed E-state index contributed by atoms with van der Waals surface area (Å²) in [6, 6.07) is -0.0248. The molecule has 0 fully saturated rings. The van der Waals surface area contributed by atoms with Crippen molar-refractivity contribution in [2.24, 2.45) is 7.05 Å². The summed E-state index contributed by atoms with van der Waals surface area (Å²) in [5.74, 6) is -0.782. The predicted molar refractivity (Wildman–Crippen MR) is 70.8 cm³/mol. The molecule has 1 N–H and O–H groups in total. The van der Waals surface area contributed by atoms with Crippen LogP contribution in [0.2, 0.25) is 5.15 Å². The average molecular weight is 274 g/mol. The molecule has 18 heavy (non-hydrogen) atoms. The number of aliphatic carboxylic acids is 1. The van der Waals surface area contributed by atoms with Gasteiger partial charge in [-0.3, -0.25) is 14.4 Å². The molecule has 1 aromatic heterocycles. The lowest BCUT2D eigenvalue weighted by Gasteiger charge is -2.26. The van der Waals surface area contributed by atoms with E-state index in [1.807, 2.05) is 20.8 Å². The van der Waals surface area contributed by atoms with Gasteiger partial charge in [-0.05, 0) is 20.4 Å². The maximum atomic E-state index is 10.8. The quantitative estimate of drug-likeness (QED) is 0.862. The summed E-state index contributed by atoms with van der Waals surface area (Å²) in [5, 5.41) is 13.7. The molecule has 0 saturated heterocycles. The Morgan fingerprint density at radius 1 is 1.61 bits per heavy atom. The Bertz CT molecular complexity index is 431. The van der Waals surface area contributed by atoms with E-state index in [0.717, 1.165) is 17.8 Å². The minimum absolute atomic E-state index is 0.0248. The molecule has 0 aliphatic rings. The summed E-state index contributed by atoms with van der Waals surface area (Å²) in [6.45, 7) is 7.24. The van der Waals surface area contributed by atoms with Crippen molar-refractivity contribution in [2.45, 2.75) is 39.8 Å². The minimum atomic E-state index is -0.782. The number of carbonyl (C=O) groups is 1. The Kier molecular flexibility index (Phi) is 5.16. The molecule has 0 saturated carbocycles. The lowest BCUT2D eigenvalue weighted by molar-refractivity contribution is -0.138. The fourth-order valence-corrected chi connectivity index (χ4v) is 2.25. The number of nitrogens with zero attached hydrogens (tertiary/aromatic N) is 3. The normalized spacial score (nSPS) is 13.0. The summed E-state index contributed by atoms with van der Waals surface area (Å²) < 4.78 is 1.64. The molecule has 102 valence electrons. The zero-order valence-corrected chi connectivity index (χ0v) is 12.0. The van der Waals surface area contributed by atoms with Crippen LogP contribution in [0.4, 0.5) is 0 Å². The van der Waals surface area contributed by atoms with Gasteiger partial charge in [0.2, 0.25) is 0 Å². The maximum Gasteiger partial charge on any atom is 0.304 e. The number of rotatable bonds is 6. The van der Waals surface area contributed by atoms with Gasteiger partial charge in [-0.15, -0.1) is 0 Å². The highest BCUT2D eigenvalue weighted by atomic mass is 35.5. The lowest BCUT2D eigenvalue weighted by Crippen LogP contribution is -2.34. The molecule has 0 aliphatic heterocycles. The van der Waals surface area contributed by atoms with Crippen LogP contribution in [0.3, 0.4) is 0 Å². The molecule has 0 bridgehead atoms. The first-order valence-electron chi connectivity index (χ1n) is 6.00. The Labute approximate surface area is 112 Å². The molecule has 5 nitrogen and oxygen atoms in total. The number of carboxylic acid groups (broad SMARTS) is 1. The fraction of sp³-hybridized carbons (Fsp3) is 0.667. The van der Waals surface area contributed by atoms with E-state index in [1.165, 1.54) is 0 Å². The smallest absolute Gasteiger partial charge is 0.304 e. The zero-order chi connectivity index (χ0) is 13.9. The molecular weight excluding hydrogens is 254 g/mol. The summed E-state index contributed by atoms with van der Waals surface area (Å²) in [4.78, 5) is 12.8. The highest BCUT2D eigenvalue weighted by Gasteiger charge is 2.19. The van der Waals surface area contributed by atoms with E-state index in [9.17, 15) is 4.79 Å². The van der Waals surface area contributed by atoms with Crippen molar-refractivity contribution in [3.63, 3.8) is 0 Å². The van der Waals surface area contributed by atoms with Crippen LogP contribution in [-0.4, -0.2) is 38.3 Å². The van der Waals surface area contributed by atoms with Gasteiger partial charge in [-0.25, -0.2) is 0 Å². The van der Waals surface area contributed by atoms with Crippen LogP contribution >= 0.6 is 11.6 Å². The van der Waals surface area contributed by atoms with Gasteiger partial charge in [0.15, 0.2) is 0 Å². The van der Waals surface area contributed by atoms with E-state index >= 15 is 0 Å². The van der Waals surface area contributed by atoms with E-state index < -0.39 is 5.97 Å². The number of carboxylic acids is 1. The molecule has 0 radical (unpaired) electrons. The van der Waals surface area contributed by atoms with E-state index in [1.54, 1.807) is 11.7 Å². The second-order valence-corrected chi connectivity index (χ2v) is 4.85. The minimum Gasteiger partial charge on any atom is -0.481 e. The second-order valence-electron chi connectivity index (χ2n) is 4.49. The molecule has 0 spiro atoms. The van der Waals surface area contributed by atoms with Crippen LogP contribution in [0.25, 0.3) is 0 Å². The van der Waals surface area contributed by atoms with Crippen LogP contribution < -0.4 is 0 Å². The van der Waals surface area contributed by atoms with Gasteiger partial charge in [0.1, 0.15) is 5.15 Å². The predicted octanol–water partition coefficient (Wildman–Crippen LogP) is 2.07. The third-order valence-electron chi connectivity index (χ3n) is 3.13. The van der Waals surface area contributed by atoms with E-state index in [2.05, 4.69) is 10.00 Å². The Hall–Kier alpha value is -1.07. The number of aromatic nitrogens is 2. The maximum absolute atomic E-state index is 10.8. The topological polar surface area (TPSA) is 58.4 Å². The highest BCUT2D eigenvalue weighted by molar-refractivity contribution is 6.30. The summed E-state index contributed by atoms with van der Waals surface area (Å²) >= 11 is 6.18. The van der Waals surface area contributed by atoms with Crippen LogP contribution in [-0.2, 0) is 18.4 Å². The van der Waals surface area contributed by atoms with Crippen LogP contribution in [0.1, 0.15) is 31.5 Å². The summed E-state index contributed by atoms with van der Waals surface area (Å²) in [6.07, 6.45) is 0.130.